The van der Waals surface area contributed by atoms with Crippen LogP contribution in [0, 0.1) is 23.2 Å². The van der Waals surface area contributed by atoms with Gasteiger partial charge in [0.25, 0.3) is 0 Å². The Morgan fingerprint density at radius 1 is 1.15 bits per heavy atom. The molecule has 1 aromatic carbocycles. The van der Waals surface area contributed by atoms with Crippen molar-refractivity contribution < 1.29 is 4.42 Å². The van der Waals surface area contributed by atoms with E-state index in [4.69, 9.17) is 4.42 Å². The lowest BCUT2D eigenvalue weighted by Gasteiger charge is -2.31. The molecule has 0 spiro atoms. The Bertz CT molecular complexity index is 1010. The number of furan rings is 1. The van der Waals surface area contributed by atoms with Gasteiger partial charge in [-0.15, -0.1) is 0 Å². The number of pyridine rings is 1. The first kappa shape index (κ1) is 17.3. The fourth-order valence-electron chi connectivity index (χ4n) is 3.91. The molecule has 3 nitrogen and oxygen atoms in total. The number of hydrogen-bond donors (Lipinski definition) is 0. The van der Waals surface area contributed by atoms with Crippen molar-refractivity contribution in [1.82, 2.24) is 4.98 Å². The molecule has 2 aromatic heterocycles. The number of aromatic nitrogens is 1. The molecule has 0 bridgehead atoms. The first-order valence-electron chi connectivity index (χ1n) is 9.37. The molecule has 0 fully saturated rings. The van der Waals surface area contributed by atoms with Crippen LogP contribution in [0.15, 0.2) is 65.4 Å². The molecule has 4 rings (SSSR count). The molecule has 0 N–H and O–H groups in total. The third-order valence-electron chi connectivity index (χ3n) is 5.73. The maximum Gasteiger partial charge on any atom is 0.107 e. The number of nitrogens with zero attached hydrogens (tertiary/aromatic N) is 2. The Labute approximate surface area is 160 Å². The largest absolute Gasteiger partial charge is 0.469 e. The lowest BCUT2D eigenvalue weighted by molar-refractivity contribution is 0.302. The number of benzene rings is 1. The van der Waals surface area contributed by atoms with Gasteiger partial charge in [0.2, 0.25) is 0 Å². The van der Waals surface area contributed by atoms with Crippen molar-refractivity contribution in [2.45, 2.75) is 26.2 Å². The van der Waals surface area contributed by atoms with Crippen LogP contribution in [0.3, 0.4) is 0 Å². The third kappa shape index (κ3) is 3.31. The predicted molar refractivity (Wildman–Crippen MR) is 107 cm³/mol. The van der Waals surface area contributed by atoms with E-state index < -0.39 is 0 Å². The molecular formula is C24H22N2O. The van der Waals surface area contributed by atoms with E-state index in [2.05, 4.69) is 43.1 Å². The van der Waals surface area contributed by atoms with Crippen molar-refractivity contribution in [2.24, 2.45) is 11.8 Å². The van der Waals surface area contributed by atoms with Gasteiger partial charge in [-0.05, 0) is 36.1 Å². The number of fused-ring (bicyclic) bond motifs is 1. The third-order valence-corrected chi connectivity index (χ3v) is 5.73. The lowest BCUT2D eigenvalue weighted by Crippen LogP contribution is -2.23. The highest BCUT2D eigenvalue weighted by Crippen LogP contribution is 2.41. The monoisotopic (exact) mass is 354 g/mol. The van der Waals surface area contributed by atoms with Gasteiger partial charge in [0.15, 0.2) is 0 Å². The molecule has 0 amide bonds. The highest BCUT2D eigenvalue weighted by atomic mass is 16.3. The number of nitriles is 1. The maximum atomic E-state index is 9.28. The predicted octanol–water partition coefficient (Wildman–Crippen LogP) is 5.84. The minimum absolute atomic E-state index is 0.350. The lowest BCUT2D eigenvalue weighted by atomic mass is 9.73. The molecule has 1 aliphatic carbocycles. The van der Waals surface area contributed by atoms with Crippen molar-refractivity contribution in [2.75, 3.05) is 0 Å². The summed E-state index contributed by atoms with van der Waals surface area (Å²) < 4.78 is 5.67. The van der Waals surface area contributed by atoms with E-state index in [1.807, 2.05) is 42.6 Å². The van der Waals surface area contributed by atoms with Gasteiger partial charge in [-0.3, -0.25) is 4.98 Å². The smallest absolute Gasteiger partial charge is 0.107 e. The fraction of sp³-hybridized carbons (Fsp3) is 0.250. The van der Waals surface area contributed by atoms with Crippen molar-refractivity contribution in [3.8, 4) is 17.2 Å². The molecule has 2 heterocycles. The molecular weight excluding hydrogens is 332 g/mol. The first-order chi connectivity index (χ1) is 13.2. The number of allylic oxidation sites excluding steroid dienone is 1. The minimum atomic E-state index is 0.350. The van der Waals surface area contributed by atoms with Crippen LogP contribution in [0.1, 0.15) is 42.3 Å². The molecule has 0 radical (unpaired) electrons. The van der Waals surface area contributed by atoms with E-state index in [0.717, 1.165) is 29.0 Å². The van der Waals surface area contributed by atoms with Crippen LogP contribution in [0.5, 0.6) is 0 Å². The second-order valence-electron chi connectivity index (χ2n) is 7.35. The standard InChI is InChI=1S/C24H22N2O/c1-16-13-24-23(11-12-27-24)21(17(16)2)10-9-20-8-7-19(15-26-20)22-6-4-3-5-18(22)14-25/h3-12,15-17,21H,13H2,1-2H3/t16-,17+,21-/m0/s1. The van der Waals surface area contributed by atoms with Gasteiger partial charge in [0, 0.05) is 35.2 Å². The average molecular weight is 354 g/mol. The fourth-order valence-corrected chi connectivity index (χ4v) is 3.91. The van der Waals surface area contributed by atoms with Crippen LogP contribution < -0.4 is 0 Å². The van der Waals surface area contributed by atoms with Gasteiger partial charge in [-0.1, -0.05) is 44.2 Å². The molecule has 27 heavy (non-hydrogen) atoms. The number of rotatable bonds is 3. The Morgan fingerprint density at radius 2 is 2.00 bits per heavy atom. The van der Waals surface area contributed by atoms with Crippen LogP contribution in [-0.4, -0.2) is 4.98 Å². The zero-order valence-electron chi connectivity index (χ0n) is 15.6. The van der Waals surface area contributed by atoms with Crippen LogP contribution in [0.4, 0.5) is 0 Å². The Hall–Kier alpha value is -3.12. The zero-order valence-corrected chi connectivity index (χ0v) is 15.6. The molecule has 3 aromatic rings. The highest BCUT2D eigenvalue weighted by molar-refractivity contribution is 5.70. The summed E-state index contributed by atoms with van der Waals surface area (Å²) in [7, 11) is 0. The molecule has 134 valence electrons. The van der Waals surface area contributed by atoms with E-state index in [1.54, 1.807) is 6.26 Å². The van der Waals surface area contributed by atoms with Crippen LogP contribution >= 0.6 is 0 Å². The van der Waals surface area contributed by atoms with Crippen molar-refractivity contribution in [3.63, 3.8) is 0 Å². The van der Waals surface area contributed by atoms with Crippen LogP contribution in [0.2, 0.25) is 0 Å². The molecule has 0 aliphatic heterocycles. The normalized spacial score (nSPS) is 21.7. The summed E-state index contributed by atoms with van der Waals surface area (Å²) in [5.41, 5.74) is 4.77. The van der Waals surface area contributed by atoms with Crippen molar-refractivity contribution in [1.29, 1.82) is 5.26 Å². The van der Waals surface area contributed by atoms with E-state index in [0.29, 0.717) is 23.3 Å². The van der Waals surface area contributed by atoms with Crippen LogP contribution in [-0.2, 0) is 6.42 Å². The minimum Gasteiger partial charge on any atom is -0.469 e. The Morgan fingerprint density at radius 3 is 2.78 bits per heavy atom. The van der Waals surface area contributed by atoms with Crippen LogP contribution in [0.25, 0.3) is 17.2 Å². The summed E-state index contributed by atoms with van der Waals surface area (Å²) in [5, 5.41) is 9.28. The molecule has 0 unspecified atom stereocenters. The van der Waals surface area contributed by atoms with E-state index >= 15 is 0 Å². The van der Waals surface area contributed by atoms with Crippen molar-refractivity contribution in [3.05, 3.63) is 83.6 Å². The maximum absolute atomic E-state index is 9.28. The van der Waals surface area contributed by atoms with Gasteiger partial charge in [-0.25, -0.2) is 0 Å². The van der Waals surface area contributed by atoms with Gasteiger partial charge in [0.05, 0.1) is 23.6 Å². The zero-order chi connectivity index (χ0) is 18.8. The van der Waals surface area contributed by atoms with Gasteiger partial charge in [0.1, 0.15) is 5.76 Å². The quantitative estimate of drug-likeness (QED) is 0.594. The van der Waals surface area contributed by atoms with Crippen molar-refractivity contribution >= 4 is 6.08 Å². The van der Waals surface area contributed by atoms with E-state index in [-0.39, 0.29) is 0 Å². The topological polar surface area (TPSA) is 49.8 Å². The summed E-state index contributed by atoms with van der Waals surface area (Å²) >= 11 is 0. The summed E-state index contributed by atoms with van der Waals surface area (Å²) in [4.78, 5) is 4.58. The molecule has 1 aliphatic rings. The number of hydrogen-bond acceptors (Lipinski definition) is 3. The molecule has 0 saturated carbocycles. The highest BCUT2D eigenvalue weighted by Gasteiger charge is 2.31. The second-order valence-corrected chi connectivity index (χ2v) is 7.35. The average Bonchev–Trinajstić information content (AvgIpc) is 3.16. The SMILES string of the molecule is C[C@H]1[C@H](C=Cc2ccc(-c3ccccc3C#N)cn2)c2ccoc2C[C@@H]1C. The first-order valence-corrected chi connectivity index (χ1v) is 9.37. The molecule has 0 saturated heterocycles. The summed E-state index contributed by atoms with van der Waals surface area (Å²) in [5.74, 6) is 2.62. The molecule has 3 heteroatoms. The van der Waals surface area contributed by atoms with Gasteiger partial charge in [-0.2, -0.15) is 5.26 Å². The van der Waals surface area contributed by atoms with Gasteiger partial charge >= 0.3 is 0 Å². The Kier molecular flexibility index (Phi) is 4.64. The summed E-state index contributed by atoms with van der Waals surface area (Å²) in [6.45, 7) is 4.60. The van der Waals surface area contributed by atoms with E-state index in [9.17, 15) is 5.26 Å². The summed E-state index contributed by atoms with van der Waals surface area (Å²) in [6.07, 6.45) is 9.00. The van der Waals surface area contributed by atoms with E-state index in [1.165, 1.54) is 5.56 Å². The molecule has 3 atom stereocenters. The van der Waals surface area contributed by atoms with Gasteiger partial charge < -0.3 is 4.42 Å². The Balaban J connectivity index is 1.58. The second kappa shape index (κ2) is 7.25. The summed E-state index contributed by atoms with van der Waals surface area (Å²) in [6, 6.07) is 16.0.